The van der Waals surface area contributed by atoms with E-state index in [2.05, 4.69) is 42.5 Å². The Morgan fingerprint density at radius 3 is 2.67 bits per heavy atom. The number of rotatable bonds is 5. The number of hydrogen-bond donors (Lipinski definition) is 1. The van der Waals surface area contributed by atoms with Crippen LogP contribution >= 0.6 is 7.55 Å². The van der Waals surface area contributed by atoms with Gasteiger partial charge < -0.3 is 9.97 Å². The van der Waals surface area contributed by atoms with Gasteiger partial charge in [0, 0.05) is 5.56 Å². The van der Waals surface area contributed by atoms with E-state index in [9.17, 15) is 0 Å². The van der Waals surface area contributed by atoms with Gasteiger partial charge >= 0.3 is 0 Å². The van der Waals surface area contributed by atoms with E-state index in [4.69, 9.17) is 4.65 Å². The SMILES string of the molecule is C=[P+](C)C(O[B]C)(c1ccccc1)C1CCCN1. The van der Waals surface area contributed by atoms with Crippen molar-refractivity contribution >= 4 is 21.3 Å². The summed E-state index contributed by atoms with van der Waals surface area (Å²) in [6.07, 6.45) is 6.71. The average Bonchev–Trinajstić information content (AvgIpc) is 2.90. The number of benzene rings is 1. The molecule has 0 saturated carbocycles. The zero-order valence-corrected chi connectivity index (χ0v) is 12.1. The maximum absolute atomic E-state index is 6.14. The molecule has 0 bridgehead atoms. The monoisotopic (exact) mass is 261 g/mol. The van der Waals surface area contributed by atoms with Crippen molar-refractivity contribution in [3.8, 4) is 0 Å². The topological polar surface area (TPSA) is 21.3 Å². The largest absolute Gasteiger partial charge is 0.397 e. The summed E-state index contributed by atoms with van der Waals surface area (Å²) in [6.45, 7) is 5.23. The Morgan fingerprint density at radius 2 is 2.17 bits per heavy atom. The first-order chi connectivity index (χ1) is 8.71. The molecule has 0 aliphatic carbocycles. The molecule has 18 heavy (non-hydrogen) atoms. The van der Waals surface area contributed by atoms with Crippen LogP contribution in [0.15, 0.2) is 30.3 Å². The van der Waals surface area contributed by atoms with Gasteiger partial charge in [0.25, 0.3) is 12.8 Å². The lowest BCUT2D eigenvalue weighted by atomic mass is 9.96. The van der Waals surface area contributed by atoms with Gasteiger partial charge in [-0.1, -0.05) is 37.2 Å². The van der Waals surface area contributed by atoms with Gasteiger partial charge in [-0.25, -0.2) is 0 Å². The van der Waals surface area contributed by atoms with Crippen molar-refractivity contribution < 1.29 is 4.65 Å². The minimum Gasteiger partial charge on any atom is -0.397 e. The minimum atomic E-state index is -0.507. The molecule has 2 nitrogen and oxygen atoms in total. The van der Waals surface area contributed by atoms with Gasteiger partial charge in [0.2, 0.25) is 0 Å². The Kier molecular flexibility index (Phi) is 4.61. The van der Waals surface area contributed by atoms with Crippen molar-refractivity contribution in [2.24, 2.45) is 0 Å². The van der Waals surface area contributed by atoms with E-state index >= 15 is 0 Å². The minimum absolute atomic E-state index is 0.290. The summed E-state index contributed by atoms with van der Waals surface area (Å²) >= 11 is 0. The Bertz CT molecular complexity index is 406. The van der Waals surface area contributed by atoms with Crippen molar-refractivity contribution in [3.63, 3.8) is 0 Å². The van der Waals surface area contributed by atoms with Crippen LogP contribution in [0.3, 0.4) is 0 Å². The second kappa shape index (κ2) is 6.01. The molecule has 1 aliphatic heterocycles. The zero-order chi connectivity index (χ0) is 13.0. The predicted octanol–water partition coefficient (Wildman–Crippen LogP) is 2.82. The summed E-state index contributed by atoms with van der Waals surface area (Å²) in [4.78, 5) is 0. The first-order valence-electron chi connectivity index (χ1n) is 6.50. The van der Waals surface area contributed by atoms with Crippen LogP contribution in [0.2, 0.25) is 6.82 Å². The Morgan fingerprint density at radius 1 is 1.44 bits per heavy atom. The normalized spacial score (nSPS) is 23.4. The van der Waals surface area contributed by atoms with Crippen LogP contribution in [0.1, 0.15) is 18.4 Å². The van der Waals surface area contributed by atoms with Crippen LogP contribution in [0, 0.1) is 0 Å². The number of nitrogens with one attached hydrogen (secondary N) is 1. The third kappa shape index (κ3) is 2.40. The molecule has 0 aromatic heterocycles. The highest BCUT2D eigenvalue weighted by Gasteiger charge is 2.50. The zero-order valence-electron chi connectivity index (χ0n) is 11.2. The third-order valence-electron chi connectivity index (χ3n) is 3.58. The van der Waals surface area contributed by atoms with E-state index in [0.29, 0.717) is 6.04 Å². The van der Waals surface area contributed by atoms with E-state index < -0.39 is 7.55 Å². The van der Waals surface area contributed by atoms with Gasteiger partial charge in [-0.15, -0.1) is 0 Å². The van der Waals surface area contributed by atoms with E-state index in [-0.39, 0.29) is 5.34 Å². The predicted molar refractivity (Wildman–Crippen MR) is 81.8 cm³/mol. The molecule has 1 aromatic rings. The van der Waals surface area contributed by atoms with Gasteiger partial charge in [0.1, 0.15) is 7.55 Å². The molecule has 1 fully saturated rings. The lowest BCUT2D eigenvalue weighted by molar-refractivity contribution is 0.129. The highest BCUT2D eigenvalue weighted by atomic mass is 31.1. The molecule has 0 spiro atoms. The number of hydrogen-bond acceptors (Lipinski definition) is 2. The molecular weight excluding hydrogens is 240 g/mol. The van der Waals surface area contributed by atoms with Crippen LogP contribution in [0.4, 0.5) is 0 Å². The molecule has 1 aliphatic rings. The highest BCUT2D eigenvalue weighted by Crippen LogP contribution is 2.50. The molecule has 1 aromatic carbocycles. The van der Waals surface area contributed by atoms with Crippen LogP contribution < -0.4 is 5.32 Å². The van der Waals surface area contributed by atoms with Crippen molar-refractivity contribution in [2.75, 3.05) is 13.2 Å². The molecule has 1 saturated heterocycles. The molecule has 3 unspecified atom stereocenters. The Hall–Kier alpha value is -0.625. The van der Waals surface area contributed by atoms with Crippen LogP contribution in [0.25, 0.3) is 0 Å². The summed E-state index contributed by atoms with van der Waals surface area (Å²) in [5.41, 5.74) is 1.24. The maximum Gasteiger partial charge on any atom is 0.295 e. The maximum atomic E-state index is 6.14. The standard InChI is InChI=1S/C14H21BNOP/c1-15-17-14(18(2)3,13-10-7-11-16-13)12-8-5-4-6-9-12/h4-6,8-9,13,16H,2,7,10-11H2,1,3H3/q+1. The molecule has 0 amide bonds. The summed E-state index contributed by atoms with van der Waals surface area (Å²) in [6, 6.07) is 10.9. The lowest BCUT2D eigenvalue weighted by Crippen LogP contribution is -2.45. The first kappa shape index (κ1) is 13.8. The van der Waals surface area contributed by atoms with Crippen molar-refractivity contribution in [3.05, 3.63) is 35.9 Å². The fourth-order valence-corrected chi connectivity index (χ4v) is 4.43. The fourth-order valence-electron chi connectivity index (χ4n) is 2.80. The summed E-state index contributed by atoms with van der Waals surface area (Å²) in [5, 5.41) is 3.30. The molecular formula is C14H21BNOP+. The lowest BCUT2D eigenvalue weighted by Gasteiger charge is -2.33. The van der Waals surface area contributed by atoms with E-state index in [0.717, 1.165) is 13.0 Å². The molecule has 1 heterocycles. The first-order valence-corrected chi connectivity index (χ1v) is 8.48. The van der Waals surface area contributed by atoms with Gasteiger partial charge in [-0.2, -0.15) is 0 Å². The van der Waals surface area contributed by atoms with E-state index in [1.54, 1.807) is 0 Å². The van der Waals surface area contributed by atoms with E-state index in [1.807, 2.05) is 20.4 Å². The van der Waals surface area contributed by atoms with E-state index in [1.165, 1.54) is 12.0 Å². The van der Waals surface area contributed by atoms with Gasteiger partial charge in [0.15, 0.2) is 0 Å². The van der Waals surface area contributed by atoms with Crippen LogP contribution in [0.5, 0.6) is 0 Å². The molecule has 95 valence electrons. The summed E-state index contributed by atoms with van der Waals surface area (Å²) in [5.74, 6) is 0. The second-order valence-electron chi connectivity index (χ2n) is 4.76. The van der Waals surface area contributed by atoms with Crippen molar-refractivity contribution in [1.29, 1.82) is 0 Å². The smallest absolute Gasteiger partial charge is 0.295 e. The quantitative estimate of drug-likeness (QED) is 0.650. The molecule has 1 radical (unpaired) electrons. The molecule has 3 atom stereocenters. The summed E-state index contributed by atoms with van der Waals surface area (Å²) < 4.78 is 6.14. The van der Waals surface area contributed by atoms with Gasteiger partial charge in [-0.05, 0) is 19.4 Å². The highest BCUT2D eigenvalue weighted by molar-refractivity contribution is 7.56. The Balaban J connectivity index is 2.45. The third-order valence-corrected chi connectivity index (χ3v) is 5.39. The fraction of sp³-hybridized carbons (Fsp3) is 0.500. The van der Waals surface area contributed by atoms with Crippen LogP contribution in [-0.4, -0.2) is 33.0 Å². The summed E-state index contributed by atoms with van der Waals surface area (Å²) in [7, 11) is 1.31. The van der Waals surface area contributed by atoms with Crippen molar-refractivity contribution in [1.82, 2.24) is 5.32 Å². The molecule has 4 heteroatoms. The van der Waals surface area contributed by atoms with Gasteiger partial charge in [-0.3, -0.25) is 0 Å². The molecule has 1 N–H and O–H groups in total. The average molecular weight is 261 g/mol. The Labute approximate surface area is 112 Å². The second-order valence-corrected chi connectivity index (χ2v) is 6.82. The molecule has 2 rings (SSSR count). The van der Waals surface area contributed by atoms with Crippen LogP contribution in [-0.2, 0) is 10.00 Å². The van der Waals surface area contributed by atoms with Crippen molar-refractivity contribution in [2.45, 2.75) is 31.0 Å². The van der Waals surface area contributed by atoms with Gasteiger partial charge in [0.05, 0.1) is 19.0 Å².